The molecular weight excluding hydrogens is 264 g/mol. The molecule has 1 atom stereocenters. The number of ether oxygens (including phenoxy) is 2. The molecule has 0 saturated heterocycles. The predicted molar refractivity (Wildman–Crippen MR) is 82.8 cm³/mol. The number of nitrogens with zero attached hydrogens (tertiary/aromatic N) is 1. The third-order valence-electron chi connectivity index (χ3n) is 3.91. The van der Waals surface area contributed by atoms with Gasteiger partial charge < -0.3 is 15.2 Å². The van der Waals surface area contributed by atoms with E-state index in [1.165, 1.54) is 5.56 Å². The van der Waals surface area contributed by atoms with Crippen molar-refractivity contribution in [3.05, 3.63) is 47.2 Å². The van der Waals surface area contributed by atoms with Gasteiger partial charge in [0, 0.05) is 11.6 Å². The largest absolute Gasteiger partial charge is 0.493 e. The van der Waals surface area contributed by atoms with Gasteiger partial charge in [-0.3, -0.25) is 0 Å². The SMILES string of the molecule is COc1cccc2c1OC[C@H](Cc1ccc(C)nc1N)C2. The van der Waals surface area contributed by atoms with E-state index in [-0.39, 0.29) is 0 Å². The second kappa shape index (κ2) is 5.64. The molecule has 0 amide bonds. The minimum Gasteiger partial charge on any atom is -0.493 e. The first-order valence-electron chi connectivity index (χ1n) is 7.18. The number of aromatic nitrogens is 1. The van der Waals surface area contributed by atoms with Crippen molar-refractivity contribution in [2.45, 2.75) is 19.8 Å². The van der Waals surface area contributed by atoms with E-state index in [9.17, 15) is 0 Å². The molecule has 21 heavy (non-hydrogen) atoms. The van der Waals surface area contributed by atoms with E-state index in [0.29, 0.717) is 18.3 Å². The zero-order valence-corrected chi connectivity index (χ0v) is 12.4. The monoisotopic (exact) mass is 284 g/mol. The molecule has 110 valence electrons. The summed E-state index contributed by atoms with van der Waals surface area (Å²) >= 11 is 0. The number of nitrogens with two attached hydrogens (primary N) is 1. The Labute approximate surface area is 124 Å². The Kier molecular flexibility index (Phi) is 3.69. The molecular formula is C17H20N2O2. The van der Waals surface area contributed by atoms with Gasteiger partial charge in [0.2, 0.25) is 0 Å². The summed E-state index contributed by atoms with van der Waals surface area (Å²) in [6.07, 6.45) is 1.86. The number of aryl methyl sites for hydroxylation is 1. The highest BCUT2D eigenvalue weighted by molar-refractivity contribution is 5.48. The van der Waals surface area contributed by atoms with Crippen LogP contribution < -0.4 is 15.2 Å². The third-order valence-corrected chi connectivity index (χ3v) is 3.91. The van der Waals surface area contributed by atoms with E-state index in [4.69, 9.17) is 15.2 Å². The Bertz CT molecular complexity index is 655. The number of fused-ring (bicyclic) bond motifs is 1. The number of pyridine rings is 1. The van der Waals surface area contributed by atoms with Crippen LogP contribution in [0, 0.1) is 12.8 Å². The Balaban J connectivity index is 1.77. The summed E-state index contributed by atoms with van der Waals surface area (Å²) in [5.41, 5.74) is 9.25. The lowest BCUT2D eigenvalue weighted by atomic mass is 9.91. The maximum absolute atomic E-state index is 6.01. The minimum absolute atomic E-state index is 0.413. The Morgan fingerprint density at radius 1 is 1.33 bits per heavy atom. The molecule has 1 aliphatic rings. The summed E-state index contributed by atoms with van der Waals surface area (Å²) in [4.78, 5) is 4.33. The zero-order valence-electron chi connectivity index (χ0n) is 12.4. The van der Waals surface area contributed by atoms with E-state index < -0.39 is 0 Å². The van der Waals surface area contributed by atoms with Crippen molar-refractivity contribution in [1.29, 1.82) is 0 Å². The van der Waals surface area contributed by atoms with Crippen LogP contribution in [0.1, 0.15) is 16.8 Å². The number of para-hydroxylation sites is 1. The van der Waals surface area contributed by atoms with Gasteiger partial charge in [0.05, 0.1) is 13.7 Å². The molecule has 2 aromatic rings. The molecule has 0 unspecified atom stereocenters. The topological polar surface area (TPSA) is 57.4 Å². The summed E-state index contributed by atoms with van der Waals surface area (Å²) in [5, 5.41) is 0. The molecule has 1 aromatic carbocycles. The highest BCUT2D eigenvalue weighted by Gasteiger charge is 2.23. The van der Waals surface area contributed by atoms with Crippen molar-refractivity contribution in [1.82, 2.24) is 4.98 Å². The number of hydrogen-bond donors (Lipinski definition) is 1. The molecule has 3 rings (SSSR count). The molecule has 0 bridgehead atoms. The Morgan fingerprint density at radius 2 is 2.19 bits per heavy atom. The zero-order chi connectivity index (χ0) is 14.8. The summed E-state index contributed by atoms with van der Waals surface area (Å²) in [7, 11) is 1.67. The molecule has 1 aromatic heterocycles. The van der Waals surface area contributed by atoms with E-state index in [2.05, 4.69) is 17.1 Å². The minimum atomic E-state index is 0.413. The van der Waals surface area contributed by atoms with Crippen LogP contribution in [0.3, 0.4) is 0 Å². The van der Waals surface area contributed by atoms with Gasteiger partial charge in [-0.15, -0.1) is 0 Å². The van der Waals surface area contributed by atoms with Crippen molar-refractivity contribution in [3.8, 4) is 11.5 Å². The molecule has 0 spiro atoms. The number of benzene rings is 1. The van der Waals surface area contributed by atoms with Gasteiger partial charge in [-0.25, -0.2) is 4.98 Å². The normalized spacial score (nSPS) is 17.0. The fraction of sp³-hybridized carbons (Fsp3) is 0.353. The molecule has 2 N–H and O–H groups in total. The summed E-state index contributed by atoms with van der Waals surface area (Å²) in [6, 6.07) is 10.1. The number of nitrogen functional groups attached to an aromatic ring is 1. The number of anilines is 1. The van der Waals surface area contributed by atoms with Crippen LogP contribution >= 0.6 is 0 Å². The molecule has 0 fully saturated rings. The van der Waals surface area contributed by atoms with Crippen molar-refractivity contribution in [2.24, 2.45) is 5.92 Å². The van der Waals surface area contributed by atoms with Crippen molar-refractivity contribution >= 4 is 5.82 Å². The smallest absolute Gasteiger partial charge is 0.164 e. The molecule has 4 heteroatoms. The van der Waals surface area contributed by atoms with Crippen molar-refractivity contribution in [3.63, 3.8) is 0 Å². The summed E-state index contributed by atoms with van der Waals surface area (Å²) in [5.74, 6) is 2.73. The van der Waals surface area contributed by atoms with Crippen LogP contribution in [0.4, 0.5) is 5.82 Å². The predicted octanol–water partition coefficient (Wildman–Crippen LogP) is 2.77. The average molecular weight is 284 g/mol. The first kappa shape index (κ1) is 13.7. The van der Waals surface area contributed by atoms with Gasteiger partial charge in [0.25, 0.3) is 0 Å². The van der Waals surface area contributed by atoms with Gasteiger partial charge in [0.1, 0.15) is 5.82 Å². The van der Waals surface area contributed by atoms with Crippen LogP contribution in [-0.2, 0) is 12.8 Å². The van der Waals surface area contributed by atoms with E-state index >= 15 is 0 Å². The van der Waals surface area contributed by atoms with Crippen molar-refractivity contribution in [2.75, 3.05) is 19.5 Å². The van der Waals surface area contributed by atoms with Gasteiger partial charge in [-0.2, -0.15) is 0 Å². The van der Waals surface area contributed by atoms with Gasteiger partial charge >= 0.3 is 0 Å². The standard InChI is InChI=1S/C17H20N2O2/c1-11-6-7-14(17(18)19-11)9-12-8-13-4-3-5-15(20-2)16(13)21-10-12/h3-7,12H,8-10H2,1-2H3,(H2,18,19)/t12-/m0/s1. The molecule has 0 saturated carbocycles. The van der Waals surface area contributed by atoms with Crippen LogP contribution in [0.15, 0.2) is 30.3 Å². The Hall–Kier alpha value is -2.23. The highest BCUT2D eigenvalue weighted by atomic mass is 16.5. The fourth-order valence-electron chi connectivity index (χ4n) is 2.84. The summed E-state index contributed by atoms with van der Waals surface area (Å²) < 4.78 is 11.3. The lowest BCUT2D eigenvalue weighted by Crippen LogP contribution is -2.23. The summed E-state index contributed by atoms with van der Waals surface area (Å²) in [6.45, 7) is 2.63. The quantitative estimate of drug-likeness (QED) is 0.941. The number of methoxy groups -OCH3 is 1. The number of rotatable bonds is 3. The van der Waals surface area contributed by atoms with Crippen LogP contribution in [0.2, 0.25) is 0 Å². The fourth-order valence-corrected chi connectivity index (χ4v) is 2.84. The first-order valence-corrected chi connectivity index (χ1v) is 7.18. The van der Waals surface area contributed by atoms with Gasteiger partial charge in [-0.1, -0.05) is 18.2 Å². The highest BCUT2D eigenvalue weighted by Crippen LogP contribution is 2.36. The first-order chi connectivity index (χ1) is 10.2. The molecule has 2 heterocycles. The second-order valence-corrected chi connectivity index (χ2v) is 5.53. The van der Waals surface area contributed by atoms with Gasteiger partial charge in [-0.05, 0) is 43.0 Å². The van der Waals surface area contributed by atoms with Crippen LogP contribution in [0.5, 0.6) is 11.5 Å². The third kappa shape index (κ3) is 2.79. The van der Waals surface area contributed by atoms with Crippen LogP contribution in [0.25, 0.3) is 0 Å². The van der Waals surface area contributed by atoms with Crippen LogP contribution in [-0.4, -0.2) is 18.7 Å². The molecule has 0 aliphatic carbocycles. The second-order valence-electron chi connectivity index (χ2n) is 5.53. The lowest BCUT2D eigenvalue weighted by Gasteiger charge is -2.26. The van der Waals surface area contributed by atoms with E-state index in [1.54, 1.807) is 7.11 Å². The van der Waals surface area contributed by atoms with Crippen molar-refractivity contribution < 1.29 is 9.47 Å². The molecule has 1 aliphatic heterocycles. The molecule has 0 radical (unpaired) electrons. The van der Waals surface area contributed by atoms with Gasteiger partial charge in [0.15, 0.2) is 11.5 Å². The maximum atomic E-state index is 6.01. The van der Waals surface area contributed by atoms with E-state index in [1.807, 2.05) is 25.1 Å². The lowest BCUT2D eigenvalue weighted by molar-refractivity contribution is 0.211. The average Bonchev–Trinajstić information content (AvgIpc) is 2.49. The Morgan fingerprint density at radius 3 is 2.95 bits per heavy atom. The number of hydrogen-bond acceptors (Lipinski definition) is 4. The van der Waals surface area contributed by atoms with E-state index in [0.717, 1.165) is 35.6 Å². The maximum Gasteiger partial charge on any atom is 0.164 e. The molecule has 4 nitrogen and oxygen atoms in total.